The zero-order valence-electron chi connectivity index (χ0n) is 19.6. The van der Waals surface area contributed by atoms with Crippen molar-refractivity contribution < 1.29 is 0 Å². The van der Waals surface area contributed by atoms with Gasteiger partial charge in [-0.15, -0.1) is 10.2 Å². The number of aromatic nitrogens is 3. The number of aryl methyl sites for hydroxylation is 2. The predicted octanol–water partition coefficient (Wildman–Crippen LogP) is 3.29. The van der Waals surface area contributed by atoms with E-state index >= 15 is 0 Å². The van der Waals surface area contributed by atoms with Crippen LogP contribution >= 0.6 is 0 Å². The molecule has 0 amide bonds. The summed E-state index contributed by atoms with van der Waals surface area (Å²) in [5.41, 5.74) is 0. The van der Waals surface area contributed by atoms with E-state index in [0.29, 0.717) is 6.04 Å². The minimum atomic E-state index is 0.546. The summed E-state index contributed by atoms with van der Waals surface area (Å²) >= 11 is 0. The highest BCUT2D eigenvalue weighted by Gasteiger charge is 2.26. The van der Waals surface area contributed by atoms with Crippen molar-refractivity contribution in [1.82, 2.24) is 30.3 Å². The minimum absolute atomic E-state index is 0.546. The second-order valence-corrected chi connectivity index (χ2v) is 9.61. The zero-order valence-corrected chi connectivity index (χ0v) is 19.6. The van der Waals surface area contributed by atoms with Crippen LogP contribution in [-0.2, 0) is 19.4 Å². The number of fused-ring (bicyclic) bond motifs is 1. The Kier molecular flexibility index (Phi) is 8.62. The number of nitrogens with one attached hydrogen (secondary N) is 2. The van der Waals surface area contributed by atoms with E-state index in [-0.39, 0.29) is 0 Å². The summed E-state index contributed by atoms with van der Waals surface area (Å²) < 4.78 is 2.36. The zero-order chi connectivity index (χ0) is 21.3. The molecule has 174 valence electrons. The fraction of sp³-hybridized carbons (Fsp3) is 0.875. The average molecular weight is 430 g/mol. The first kappa shape index (κ1) is 22.6. The maximum atomic E-state index is 4.87. The molecule has 1 saturated carbocycles. The lowest BCUT2D eigenvalue weighted by Crippen LogP contribution is -2.51. The van der Waals surface area contributed by atoms with Gasteiger partial charge in [0, 0.05) is 57.6 Å². The maximum absolute atomic E-state index is 4.87. The average Bonchev–Trinajstić information content (AvgIpc) is 3.03. The van der Waals surface area contributed by atoms with Gasteiger partial charge in [0.15, 0.2) is 5.96 Å². The Balaban J connectivity index is 1.21. The summed E-state index contributed by atoms with van der Waals surface area (Å²) in [6, 6.07) is 1.40. The van der Waals surface area contributed by atoms with E-state index in [9.17, 15) is 0 Å². The lowest BCUT2D eigenvalue weighted by molar-refractivity contribution is 0.119. The molecule has 0 radical (unpaired) electrons. The van der Waals surface area contributed by atoms with Crippen molar-refractivity contribution in [1.29, 1.82) is 0 Å². The van der Waals surface area contributed by atoms with Gasteiger partial charge in [-0.2, -0.15) is 0 Å². The molecule has 3 heterocycles. The van der Waals surface area contributed by atoms with Crippen LogP contribution in [-0.4, -0.2) is 63.9 Å². The van der Waals surface area contributed by atoms with Crippen molar-refractivity contribution in [3.63, 3.8) is 0 Å². The Hall–Kier alpha value is -1.63. The lowest BCUT2D eigenvalue weighted by atomic mass is 9.92. The number of piperidine rings is 1. The number of hydrogen-bond acceptors (Lipinski definition) is 4. The van der Waals surface area contributed by atoms with Gasteiger partial charge in [0.25, 0.3) is 0 Å². The summed E-state index contributed by atoms with van der Waals surface area (Å²) in [6.07, 6.45) is 16.5. The normalized spacial score (nSPS) is 22.2. The smallest absolute Gasteiger partial charge is 0.191 e. The fourth-order valence-corrected chi connectivity index (χ4v) is 5.53. The van der Waals surface area contributed by atoms with Crippen LogP contribution in [0.2, 0.25) is 0 Å². The Morgan fingerprint density at radius 3 is 2.58 bits per heavy atom. The van der Waals surface area contributed by atoms with Gasteiger partial charge in [0.2, 0.25) is 0 Å². The predicted molar refractivity (Wildman–Crippen MR) is 126 cm³/mol. The Morgan fingerprint density at radius 1 is 0.968 bits per heavy atom. The summed E-state index contributed by atoms with van der Waals surface area (Å²) in [7, 11) is 0. The van der Waals surface area contributed by atoms with E-state index in [1.807, 2.05) is 0 Å². The first-order valence-corrected chi connectivity index (χ1v) is 13.0. The standard InChI is InChI=1S/C24H43N7/c1-2-25-24(27-20-14-18-30(19-15-20)21-10-5-3-6-11-21)26-16-9-13-23-29-28-22-12-7-4-8-17-31(22)23/h20-21H,2-19H2,1H3,(H2,25,26,27). The van der Waals surface area contributed by atoms with Crippen molar-refractivity contribution in [2.75, 3.05) is 26.2 Å². The molecule has 3 aliphatic rings. The highest BCUT2D eigenvalue weighted by Crippen LogP contribution is 2.25. The van der Waals surface area contributed by atoms with E-state index in [2.05, 4.69) is 37.2 Å². The first-order chi connectivity index (χ1) is 15.3. The largest absolute Gasteiger partial charge is 0.357 e. The Labute approximate surface area is 188 Å². The van der Waals surface area contributed by atoms with Gasteiger partial charge in [-0.25, -0.2) is 0 Å². The highest BCUT2D eigenvalue weighted by molar-refractivity contribution is 5.80. The van der Waals surface area contributed by atoms with Crippen LogP contribution in [0.4, 0.5) is 0 Å². The van der Waals surface area contributed by atoms with Gasteiger partial charge in [0.1, 0.15) is 11.6 Å². The number of aliphatic imine (C=N–C) groups is 1. The van der Waals surface area contributed by atoms with Gasteiger partial charge >= 0.3 is 0 Å². The van der Waals surface area contributed by atoms with E-state index in [0.717, 1.165) is 56.7 Å². The molecule has 1 aliphatic carbocycles. The van der Waals surface area contributed by atoms with Crippen LogP contribution in [0, 0.1) is 0 Å². The van der Waals surface area contributed by atoms with E-state index < -0.39 is 0 Å². The third-order valence-electron chi connectivity index (χ3n) is 7.32. The summed E-state index contributed by atoms with van der Waals surface area (Å²) in [4.78, 5) is 7.62. The Morgan fingerprint density at radius 2 is 1.77 bits per heavy atom. The molecule has 0 spiro atoms. The number of guanidine groups is 1. The van der Waals surface area contributed by atoms with Gasteiger partial charge in [-0.1, -0.05) is 25.7 Å². The molecule has 0 bridgehead atoms. The van der Waals surface area contributed by atoms with Crippen molar-refractivity contribution in [3.8, 4) is 0 Å². The van der Waals surface area contributed by atoms with E-state index in [1.54, 1.807) is 0 Å². The maximum Gasteiger partial charge on any atom is 0.191 e. The molecule has 4 rings (SSSR count). The molecule has 1 saturated heterocycles. The number of rotatable bonds is 7. The third-order valence-corrected chi connectivity index (χ3v) is 7.32. The molecule has 7 nitrogen and oxygen atoms in total. The van der Waals surface area contributed by atoms with Crippen LogP contribution in [0.5, 0.6) is 0 Å². The van der Waals surface area contributed by atoms with E-state index in [4.69, 9.17) is 4.99 Å². The van der Waals surface area contributed by atoms with E-state index in [1.165, 1.54) is 83.1 Å². The van der Waals surface area contributed by atoms with Gasteiger partial charge in [-0.3, -0.25) is 4.99 Å². The molecule has 2 fully saturated rings. The molecule has 0 aromatic carbocycles. The molecular formula is C24H43N7. The van der Waals surface area contributed by atoms with Gasteiger partial charge < -0.3 is 20.1 Å². The highest BCUT2D eigenvalue weighted by atomic mass is 15.3. The first-order valence-electron chi connectivity index (χ1n) is 13.0. The second-order valence-electron chi connectivity index (χ2n) is 9.61. The molecular weight excluding hydrogens is 386 g/mol. The summed E-state index contributed by atoms with van der Waals surface area (Å²) in [5, 5.41) is 16.0. The van der Waals surface area contributed by atoms with Crippen molar-refractivity contribution in [2.24, 2.45) is 4.99 Å². The number of nitrogens with zero attached hydrogens (tertiary/aromatic N) is 5. The third kappa shape index (κ3) is 6.43. The quantitative estimate of drug-likeness (QED) is 0.395. The molecule has 1 aromatic rings. The number of hydrogen-bond donors (Lipinski definition) is 2. The fourth-order valence-electron chi connectivity index (χ4n) is 5.53. The SMILES string of the molecule is CCNC(=NCCCc1nnc2n1CCCCC2)NC1CCN(C2CCCCC2)CC1. The topological polar surface area (TPSA) is 70.4 Å². The molecule has 2 aliphatic heterocycles. The summed E-state index contributed by atoms with van der Waals surface area (Å²) in [5.74, 6) is 3.32. The van der Waals surface area contributed by atoms with Crippen LogP contribution in [0.25, 0.3) is 0 Å². The molecule has 2 N–H and O–H groups in total. The van der Waals surface area contributed by atoms with Crippen LogP contribution in [0.15, 0.2) is 4.99 Å². The lowest BCUT2D eigenvalue weighted by Gasteiger charge is -2.39. The number of likely N-dealkylation sites (tertiary alicyclic amines) is 1. The molecule has 1 aromatic heterocycles. The molecule has 7 heteroatoms. The van der Waals surface area contributed by atoms with Crippen molar-refractivity contribution in [2.45, 2.75) is 109 Å². The van der Waals surface area contributed by atoms with Crippen LogP contribution < -0.4 is 10.6 Å². The second kappa shape index (κ2) is 11.8. The van der Waals surface area contributed by atoms with Crippen LogP contribution in [0.1, 0.15) is 89.2 Å². The van der Waals surface area contributed by atoms with Gasteiger partial charge in [0.05, 0.1) is 0 Å². The van der Waals surface area contributed by atoms with Gasteiger partial charge in [-0.05, 0) is 51.9 Å². The monoisotopic (exact) mass is 429 g/mol. The van der Waals surface area contributed by atoms with Crippen LogP contribution in [0.3, 0.4) is 0 Å². The molecule has 31 heavy (non-hydrogen) atoms. The molecule has 0 atom stereocenters. The molecule has 0 unspecified atom stereocenters. The Bertz CT molecular complexity index is 684. The van der Waals surface area contributed by atoms with Crippen molar-refractivity contribution >= 4 is 5.96 Å². The minimum Gasteiger partial charge on any atom is -0.357 e. The summed E-state index contributed by atoms with van der Waals surface area (Å²) in [6.45, 7) is 7.45. The van der Waals surface area contributed by atoms with Crippen molar-refractivity contribution in [3.05, 3.63) is 11.6 Å².